The zero-order valence-electron chi connectivity index (χ0n) is 13.9. The average Bonchev–Trinajstić information content (AvgIpc) is 2.83. The van der Waals surface area contributed by atoms with Gasteiger partial charge in [0.1, 0.15) is 11.3 Å². The molecular weight excluding hydrogens is 304 g/mol. The number of furan rings is 1. The molecule has 1 heterocycles. The Kier molecular flexibility index (Phi) is 3.93. The van der Waals surface area contributed by atoms with Crippen LogP contribution in [-0.2, 0) is 0 Å². The molecule has 0 amide bonds. The Bertz CT molecular complexity index is 891. The second kappa shape index (κ2) is 5.92. The van der Waals surface area contributed by atoms with Crippen LogP contribution in [0.2, 0.25) is 0 Å². The van der Waals surface area contributed by atoms with Gasteiger partial charge >= 0.3 is 5.97 Å². The molecule has 24 heavy (non-hydrogen) atoms. The van der Waals surface area contributed by atoms with E-state index in [2.05, 4.69) is 10.6 Å². The Morgan fingerprint density at radius 3 is 2.42 bits per heavy atom. The zero-order chi connectivity index (χ0) is 17.3. The molecule has 0 spiro atoms. The minimum Gasteiger partial charge on any atom is -0.478 e. The van der Waals surface area contributed by atoms with E-state index < -0.39 is 5.97 Å². The summed E-state index contributed by atoms with van der Waals surface area (Å²) >= 11 is 0. The van der Waals surface area contributed by atoms with Crippen molar-refractivity contribution in [2.45, 2.75) is 26.3 Å². The first-order valence-corrected chi connectivity index (χ1v) is 7.74. The molecule has 0 fully saturated rings. The summed E-state index contributed by atoms with van der Waals surface area (Å²) in [7, 11) is 0. The third kappa shape index (κ3) is 3.20. The van der Waals surface area contributed by atoms with Gasteiger partial charge in [0.25, 0.3) is 0 Å². The molecule has 2 aromatic carbocycles. The van der Waals surface area contributed by atoms with Gasteiger partial charge < -0.3 is 20.2 Å². The predicted octanol–water partition coefficient (Wildman–Crippen LogP) is 5.09. The third-order valence-corrected chi connectivity index (χ3v) is 3.50. The number of carbonyl (C=O) groups is 1. The topological polar surface area (TPSA) is 74.5 Å². The number of carboxylic acid groups (broad SMARTS) is 1. The minimum atomic E-state index is -0.976. The van der Waals surface area contributed by atoms with Gasteiger partial charge in [-0.1, -0.05) is 24.3 Å². The van der Waals surface area contributed by atoms with E-state index in [0.29, 0.717) is 11.6 Å². The molecule has 0 bridgehead atoms. The first kappa shape index (κ1) is 15.9. The molecule has 1 aromatic heterocycles. The molecule has 3 rings (SSSR count). The molecule has 3 N–H and O–H groups in total. The Morgan fingerprint density at radius 2 is 1.71 bits per heavy atom. The van der Waals surface area contributed by atoms with Crippen molar-refractivity contribution in [3.63, 3.8) is 0 Å². The van der Waals surface area contributed by atoms with Crippen molar-refractivity contribution in [2.24, 2.45) is 0 Å². The van der Waals surface area contributed by atoms with Gasteiger partial charge in [-0.25, -0.2) is 4.79 Å². The SMILES string of the molecule is CC(C)(C)Nc1oc2ccccc2c1Nc1ccccc1C(=O)O. The quantitative estimate of drug-likeness (QED) is 0.623. The van der Waals surface area contributed by atoms with Gasteiger partial charge in [-0.3, -0.25) is 0 Å². The fourth-order valence-electron chi connectivity index (χ4n) is 2.51. The molecule has 0 radical (unpaired) electrons. The molecule has 0 aliphatic carbocycles. The van der Waals surface area contributed by atoms with Crippen molar-refractivity contribution < 1.29 is 14.3 Å². The number of rotatable bonds is 4. The highest BCUT2D eigenvalue weighted by Crippen LogP contribution is 2.38. The molecule has 0 aliphatic heterocycles. The van der Waals surface area contributed by atoms with Gasteiger partial charge in [-0.15, -0.1) is 0 Å². The summed E-state index contributed by atoms with van der Waals surface area (Å²) in [5.74, 6) is -0.389. The molecule has 0 saturated carbocycles. The summed E-state index contributed by atoms with van der Waals surface area (Å²) in [4.78, 5) is 11.4. The number of anilines is 3. The predicted molar refractivity (Wildman–Crippen MR) is 96.3 cm³/mol. The van der Waals surface area contributed by atoms with E-state index in [9.17, 15) is 9.90 Å². The zero-order valence-corrected chi connectivity index (χ0v) is 13.9. The maximum absolute atomic E-state index is 11.4. The first-order chi connectivity index (χ1) is 11.3. The standard InChI is InChI=1S/C19H20N2O3/c1-19(2,3)21-17-16(13-9-5-7-11-15(13)24-17)20-14-10-6-4-8-12(14)18(22)23/h4-11,20-21H,1-3H3,(H,22,23). The Morgan fingerprint density at radius 1 is 1.04 bits per heavy atom. The number of para-hydroxylation sites is 2. The molecule has 0 aliphatic rings. The van der Waals surface area contributed by atoms with Crippen LogP contribution in [-0.4, -0.2) is 16.6 Å². The monoisotopic (exact) mass is 324 g/mol. The molecule has 0 atom stereocenters. The van der Waals surface area contributed by atoms with E-state index >= 15 is 0 Å². The molecule has 0 saturated heterocycles. The smallest absolute Gasteiger partial charge is 0.337 e. The number of fused-ring (bicyclic) bond motifs is 1. The number of benzene rings is 2. The maximum atomic E-state index is 11.4. The molecule has 5 nitrogen and oxygen atoms in total. The van der Waals surface area contributed by atoms with Gasteiger partial charge in [0, 0.05) is 10.9 Å². The number of hydrogen-bond acceptors (Lipinski definition) is 4. The van der Waals surface area contributed by atoms with Crippen LogP contribution in [0.25, 0.3) is 11.0 Å². The minimum absolute atomic E-state index is 0.198. The lowest BCUT2D eigenvalue weighted by atomic mass is 10.1. The van der Waals surface area contributed by atoms with Gasteiger partial charge in [-0.05, 0) is 45.0 Å². The second-order valence-electron chi connectivity index (χ2n) is 6.65. The summed E-state index contributed by atoms with van der Waals surface area (Å²) < 4.78 is 5.93. The second-order valence-corrected chi connectivity index (χ2v) is 6.65. The summed E-state index contributed by atoms with van der Waals surface area (Å²) in [6, 6.07) is 14.5. The summed E-state index contributed by atoms with van der Waals surface area (Å²) in [5, 5.41) is 16.8. The lowest BCUT2D eigenvalue weighted by Crippen LogP contribution is -2.26. The number of aromatic carboxylic acids is 1. The van der Waals surface area contributed by atoms with E-state index in [-0.39, 0.29) is 11.1 Å². The van der Waals surface area contributed by atoms with Crippen molar-refractivity contribution >= 4 is 34.2 Å². The fraction of sp³-hybridized carbons (Fsp3) is 0.211. The van der Waals surface area contributed by atoms with Crippen molar-refractivity contribution in [3.8, 4) is 0 Å². The van der Waals surface area contributed by atoms with E-state index in [4.69, 9.17) is 4.42 Å². The lowest BCUT2D eigenvalue weighted by Gasteiger charge is -2.21. The molecule has 3 aromatic rings. The van der Waals surface area contributed by atoms with Crippen molar-refractivity contribution in [2.75, 3.05) is 10.6 Å². The Hall–Kier alpha value is -2.95. The van der Waals surface area contributed by atoms with Crippen LogP contribution in [0.1, 0.15) is 31.1 Å². The Balaban J connectivity index is 2.11. The van der Waals surface area contributed by atoms with Crippen LogP contribution < -0.4 is 10.6 Å². The van der Waals surface area contributed by atoms with Crippen LogP contribution in [0, 0.1) is 0 Å². The first-order valence-electron chi connectivity index (χ1n) is 7.74. The average molecular weight is 324 g/mol. The summed E-state index contributed by atoms with van der Waals surface area (Å²) in [5.41, 5.74) is 2.00. The summed E-state index contributed by atoms with van der Waals surface area (Å²) in [6.45, 7) is 6.11. The highest BCUT2D eigenvalue weighted by Gasteiger charge is 2.20. The Labute approximate surface area is 140 Å². The molecule has 5 heteroatoms. The van der Waals surface area contributed by atoms with Crippen LogP contribution in [0.3, 0.4) is 0 Å². The third-order valence-electron chi connectivity index (χ3n) is 3.50. The van der Waals surface area contributed by atoms with E-state index in [0.717, 1.165) is 16.7 Å². The summed E-state index contributed by atoms with van der Waals surface area (Å²) in [6.07, 6.45) is 0. The van der Waals surface area contributed by atoms with Crippen LogP contribution in [0.4, 0.5) is 17.3 Å². The van der Waals surface area contributed by atoms with Gasteiger partial charge in [-0.2, -0.15) is 0 Å². The van der Waals surface area contributed by atoms with E-state index in [1.807, 2.05) is 45.0 Å². The van der Waals surface area contributed by atoms with E-state index in [1.165, 1.54) is 0 Å². The molecule has 0 unspecified atom stereocenters. The lowest BCUT2D eigenvalue weighted by molar-refractivity contribution is 0.0698. The van der Waals surface area contributed by atoms with Gasteiger partial charge in [0.15, 0.2) is 0 Å². The fourth-order valence-corrected chi connectivity index (χ4v) is 2.51. The maximum Gasteiger partial charge on any atom is 0.337 e. The number of nitrogens with one attached hydrogen (secondary N) is 2. The highest BCUT2D eigenvalue weighted by atomic mass is 16.4. The van der Waals surface area contributed by atoms with Crippen molar-refractivity contribution in [3.05, 3.63) is 54.1 Å². The number of carboxylic acids is 1. The van der Waals surface area contributed by atoms with Crippen molar-refractivity contribution in [1.82, 2.24) is 0 Å². The molecular formula is C19H20N2O3. The van der Waals surface area contributed by atoms with Crippen molar-refractivity contribution in [1.29, 1.82) is 0 Å². The number of hydrogen-bond donors (Lipinski definition) is 3. The molecule has 124 valence electrons. The largest absolute Gasteiger partial charge is 0.478 e. The van der Waals surface area contributed by atoms with E-state index in [1.54, 1.807) is 24.3 Å². The van der Waals surface area contributed by atoms with Gasteiger partial charge in [0.2, 0.25) is 5.88 Å². The van der Waals surface area contributed by atoms with Crippen LogP contribution >= 0.6 is 0 Å². The normalized spacial score (nSPS) is 11.5. The van der Waals surface area contributed by atoms with Crippen LogP contribution in [0.5, 0.6) is 0 Å². The van der Waals surface area contributed by atoms with Gasteiger partial charge in [0.05, 0.1) is 11.3 Å². The highest BCUT2D eigenvalue weighted by molar-refractivity contribution is 6.02. The van der Waals surface area contributed by atoms with Crippen LogP contribution in [0.15, 0.2) is 52.9 Å².